The molecular weight excluding hydrogens is 314 g/mol. The second-order valence-electron chi connectivity index (χ2n) is 4.88. The molecule has 23 heavy (non-hydrogen) atoms. The summed E-state index contributed by atoms with van der Waals surface area (Å²) in [5, 5.41) is 12.1. The summed E-state index contributed by atoms with van der Waals surface area (Å²) in [4.78, 5) is 27.8. The third-order valence-electron chi connectivity index (χ3n) is 3.24. The summed E-state index contributed by atoms with van der Waals surface area (Å²) in [5.74, 6) is -1.23. The van der Waals surface area contributed by atoms with E-state index < -0.39 is 5.97 Å². The lowest BCUT2D eigenvalue weighted by Gasteiger charge is -1.98. The van der Waals surface area contributed by atoms with E-state index in [1.54, 1.807) is 18.2 Å². The molecule has 2 N–H and O–H groups in total. The summed E-state index contributed by atoms with van der Waals surface area (Å²) in [6, 6.07) is 10.1. The topological polar surface area (TPSA) is 83.7 Å². The molecule has 6 nitrogen and oxygen atoms in total. The Balaban J connectivity index is 1.85. The second-order valence-corrected chi connectivity index (χ2v) is 5.91. The Bertz CT molecular complexity index is 852. The summed E-state index contributed by atoms with van der Waals surface area (Å²) in [6.07, 6.45) is 3.69. The predicted octanol–water partition coefficient (Wildman–Crippen LogP) is 2.61. The highest BCUT2D eigenvalue weighted by atomic mass is 32.2. The Morgan fingerprint density at radius 1 is 1.35 bits per heavy atom. The molecule has 1 amide bonds. The zero-order valence-electron chi connectivity index (χ0n) is 12.2. The molecule has 1 aliphatic rings. The van der Waals surface area contributed by atoms with Gasteiger partial charge >= 0.3 is 5.97 Å². The van der Waals surface area contributed by atoms with Gasteiger partial charge in [0.15, 0.2) is 5.17 Å². The number of aromatic nitrogens is 1. The standard InChI is InChI=1S/C16H13N3O3S/c1-19-7-3-6-12(19)9-13-14(20)18-16(23-13)17-11-5-2-4-10(8-11)15(21)22/h2-9H,1H3,(H,21,22)(H,17,18,20). The fraction of sp³-hybridized carbons (Fsp3) is 0.0625. The average Bonchev–Trinajstić information content (AvgIpc) is 3.06. The number of aliphatic imine (C=N–C) groups is 1. The van der Waals surface area contributed by atoms with Crippen LogP contribution >= 0.6 is 11.8 Å². The highest BCUT2D eigenvalue weighted by Crippen LogP contribution is 2.28. The lowest BCUT2D eigenvalue weighted by molar-refractivity contribution is -0.115. The first-order valence-corrected chi connectivity index (χ1v) is 7.59. The number of carbonyl (C=O) groups excluding carboxylic acids is 1. The molecule has 1 aromatic carbocycles. The highest BCUT2D eigenvalue weighted by Gasteiger charge is 2.24. The monoisotopic (exact) mass is 327 g/mol. The highest BCUT2D eigenvalue weighted by molar-refractivity contribution is 8.18. The minimum Gasteiger partial charge on any atom is -0.478 e. The van der Waals surface area contributed by atoms with Crippen molar-refractivity contribution in [1.82, 2.24) is 9.88 Å². The summed E-state index contributed by atoms with van der Waals surface area (Å²) in [7, 11) is 1.90. The zero-order valence-corrected chi connectivity index (χ0v) is 13.0. The molecule has 2 heterocycles. The fourth-order valence-corrected chi connectivity index (χ4v) is 2.89. The number of benzene rings is 1. The molecule has 1 fully saturated rings. The summed E-state index contributed by atoms with van der Waals surface area (Å²) in [6.45, 7) is 0. The van der Waals surface area contributed by atoms with Gasteiger partial charge in [-0.3, -0.25) is 4.79 Å². The summed E-state index contributed by atoms with van der Waals surface area (Å²) >= 11 is 1.22. The average molecular weight is 327 g/mol. The first-order valence-electron chi connectivity index (χ1n) is 6.77. The van der Waals surface area contributed by atoms with Gasteiger partial charge in [0.05, 0.1) is 16.2 Å². The smallest absolute Gasteiger partial charge is 0.335 e. The second kappa shape index (κ2) is 6.13. The molecule has 7 heteroatoms. The van der Waals surface area contributed by atoms with Crippen molar-refractivity contribution in [3.05, 3.63) is 58.8 Å². The van der Waals surface area contributed by atoms with Gasteiger partial charge in [-0.05, 0) is 48.2 Å². The molecule has 0 spiro atoms. The van der Waals surface area contributed by atoms with Gasteiger partial charge in [-0.1, -0.05) is 6.07 Å². The number of aromatic carboxylic acids is 1. The minimum absolute atomic E-state index is 0.153. The van der Waals surface area contributed by atoms with Crippen molar-refractivity contribution in [2.24, 2.45) is 12.0 Å². The van der Waals surface area contributed by atoms with Gasteiger partial charge in [0.25, 0.3) is 5.91 Å². The lowest BCUT2D eigenvalue weighted by Crippen LogP contribution is -2.19. The van der Waals surface area contributed by atoms with E-state index in [9.17, 15) is 9.59 Å². The molecule has 0 radical (unpaired) electrons. The van der Waals surface area contributed by atoms with Crippen molar-refractivity contribution in [3.63, 3.8) is 0 Å². The van der Waals surface area contributed by atoms with E-state index in [1.807, 2.05) is 29.9 Å². The number of amides is 1. The number of aryl methyl sites for hydroxylation is 1. The van der Waals surface area contributed by atoms with Gasteiger partial charge < -0.3 is 15.0 Å². The van der Waals surface area contributed by atoms with Crippen LogP contribution in [-0.2, 0) is 11.8 Å². The van der Waals surface area contributed by atoms with Crippen molar-refractivity contribution in [2.45, 2.75) is 0 Å². The Morgan fingerprint density at radius 2 is 2.17 bits per heavy atom. The normalized spacial score (nSPS) is 17.7. The van der Waals surface area contributed by atoms with E-state index in [0.717, 1.165) is 5.69 Å². The van der Waals surface area contributed by atoms with E-state index >= 15 is 0 Å². The summed E-state index contributed by atoms with van der Waals surface area (Å²) < 4.78 is 1.91. The van der Waals surface area contributed by atoms with Crippen LogP contribution in [0.15, 0.2) is 52.5 Å². The van der Waals surface area contributed by atoms with Gasteiger partial charge in [-0.15, -0.1) is 0 Å². The molecule has 116 valence electrons. The molecule has 3 rings (SSSR count). The molecule has 2 aromatic rings. The van der Waals surface area contributed by atoms with Gasteiger partial charge in [-0.25, -0.2) is 9.79 Å². The van der Waals surface area contributed by atoms with Crippen molar-refractivity contribution in [3.8, 4) is 0 Å². The number of amidine groups is 1. The minimum atomic E-state index is -1.01. The third-order valence-corrected chi connectivity index (χ3v) is 4.15. The molecule has 0 atom stereocenters. The van der Waals surface area contributed by atoms with E-state index in [2.05, 4.69) is 10.3 Å². The van der Waals surface area contributed by atoms with Crippen LogP contribution in [0.2, 0.25) is 0 Å². The molecule has 1 saturated heterocycles. The lowest BCUT2D eigenvalue weighted by atomic mass is 10.2. The number of hydrogen-bond donors (Lipinski definition) is 2. The maximum absolute atomic E-state index is 12.0. The number of nitrogens with one attached hydrogen (secondary N) is 1. The Hall–Kier alpha value is -2.80. The first kappa shape index (κ1) is 15.1. The SMILES string of the molecule is Cn1cccc1C=C1SC(=Nc2cccc(C(=O)O)c2)NC1=O. The Morgan fingerprint density at radius 3 is 2.87 bits per heavy atom. The largest absolute Gasteiger partial charge is 0.478 e. The number of nitrogens with zero attached hydrogens (tertiary/aromatic N) is 2. The van der Waals surface area contributed by atoms with Crippen LogP contribution in [0.25, 0.3) is 6.08 Å². The number of carbonyl (C=O) groups is 2. The van der Waals surface area contributed by atoms with Gasteiger partial charge in [0.2, 0.25) is 0 Å². The number of hydrogen-bond acceptors (Lipinski definition) is 4. The van der Waals surface area contributed by atoms with Crippen molar-refractivity contribution in [2.75, 3.05) is 0 Å². The van der Waals surface area contributed by atoms with Crippen molar-refractivity contribution >= 4 is 40.6 Å². The Kier molecular flexibility index (Phi) is 4.03. The molecule has 0 bridgehead atoms. The van der Waals surface area contributed by atoms with E-state index in [4.69, 9.17) is 5.11 Å². The molecule has 1 aromatic heterocycles. The van der Waals surface area contributed by atoms with Gasteiger partial charge in [0.1, 0.15) is 0 Å². The molecule has 1 aliphatic heterocycles. The number of rotatable bonds is 3. The predicted molar refractivity (Wildman–Crippen MR) is 89.6 cm³/mol. The van der Waals surface area contributed by atoms with Crippen LogP contribution < -0.4 is 5.32 Å². The first-order chi connectivity index (χ1) is 11.0. The number of thioether (sulfide) groups is 1. The van der Waals surface area contributed by atoms with Crippen molar-refractivity contribution < 1.29 is 14.7 Å². The zero-order chi connectivity index (χ0) is 16.4. The fourth-order valence-electron chi connectivity index (χ4n) is 2.06. The Labute approximate surface area is 136 Å². The molecule has 0 aliphatic carbocycles. The van der Waals surface area contributed by atoms with Gasteiger partial charge in [0, 0.05) is 18.9 Å². The number of carboxylic acid groups (broad SMARTS) is 1. The van der Waals surface area contributed by atoms with Crippen LogP contribution in [-0.4, -0.2) is 26.7 Å². The molecule has 0 saturated carbocycles. The maximum Gasteiger partial charge on any atom is 0.335 e. The third kappa shape index (κ3) is 3.35. The number of carboxylic acids is 1. The van der Waals surface area contributed by atoms with Gasteiger partial charge in [-0.2, -0.15) is 0 Å². The van der Waals surface area contributed by atoms with Crippen LogP contribution in [0, 0.1) is 0 Å². The van der Waals surface area contributed by atoms with E-state index in [0.29, 0.717) is 15.8 Å². The maximum atomic E-state index is 12.0. The van der Waals surface area contributed by atoms with E-state index in [1.165, 1.54) is 23.9 Å². The van der Waals surface area contributed by atoms with E-state index in [-0.39, 0.29) is 11.5 Å². The van der Waals surface area contributed by atoms with Crippen molar-refractivity contribution in [1.29, 1.82) is 0 Å². The van der Waals surface area contributed by atoms with Crippen LogP contribution in [0.5, 0.6) is 0 Å². The van der Waals surface area contributed by atoms with Crippen LogP contribution in [0.4, 0.5) is 5.69 Å². The molecule has 0 unspecified atom stereocenters. The van der Waals surface area contributed by atoms with Crippen LogP contribution in [0.3, 0.4) is 0 Å². The van der Waals surface area contributed by atoms with Crippen LogP contribution in [0.1, 0.15) is 16.1 Å². The summed E-state index contributed by atoms with van der Waals surface area (Å²) in [5.41, 5.74) is 1.55. The molecular formula is C16H13N3O3S. The quantitative estimate of drug-likeness (QED) is 0.849.